The van der Waals surface area contributed by atoms with Crippen LogP contribution in [-0.4, -0.2) is 46.2 Å². The highest BCUT2D eigenvalue weighted by Crippen LogP contribution is 2.30. The summed E-state index contributed by atoms with van der Waals surface area (Å²) in [6, 6.07) is 11.1. The van der Waals surface area contributed by atoms with E-state index in [-0.39, 0.29) is 29.8 Å². The minimum Gasteiger partial charge on any atom is -0.391 e. The van der Waals surface area contributed by atoms with Gasteiger partial charge >= 0.3 is 0 Å². The zero-order chi connectivity index (χ0) is 27.8. The number of aryl methyl sites for hydroxylation is 1. The fourth-order valence-corrected chi connectivity index (χ4v) is 3.80. The summed E-state index contributed by atoms with van der Waals surface area (Å²) < 4.78 is 5.27. The van der Waals surface area contributed by atoms with Gasteiger partial charge in [-0.15, -0.1) is 0 Å². The first-order chi connectivity index (χ1) is 17.2. The van der Waals surface area contributed by atoms with E-state index in [0.717, 1.165) is 11.3 Å². The van der Waals surface area contributed by atoms with E-state index in [1.165, 1.54) is 0 Å². The Bertz CT molecular complexity index is 934. The summed E-state index contributed by atoms with van der Waals surface area (Å²) in [6.45, 7) is 18.1. The fourth-order valence-electron chi connectivity index (χ4n) is 3.80. The molecule has 4 atom stereocenters. The lowest BCUT2D eigenvalue weighted by Crippen LogP contribution is -2.39. The normalized spacial score (nSPS) is 17.7. The van der Waals surface area contributed by atoms with E-state index in [2.05, 4.69) is 10.5 Å². The molecule has 200 valence electrons. The number of aromatic nitrogens is 1. The van der Waals surface area contributed by atoms with Gasteiger partial charge in [0.05, 0.1) is 29.5 Å². The van der Waals surface area contributed by atoms with Crippen molar-refractivity contribution in [1.29, 1.82) is 5.26 Å². The number of nitrogens with zero attached hydrogens (tertiary/aromatic N) is 3. The van der Waals surface area contributed by atoms with Crippen molar-refractivity contribution in [2.75, 3.05) is 6.54 Å². The SMILES string of the molecule is CC.CC.CC(NC=O)c1ccc(C#N)cc1.Cc1cc(C(C(=O)N2CC(O)CC2C)C(C)C)on1. The average molecular weight is 501 g/mol. The number of β-amino-alcohol motifs (C(OH)–C–C–N with tert-alkyl or cyclic N) is 1. The molecule has 0 bridgehead atoms. The molecule has 4 unspecified atom stereocenters. The number of rotatable bonds is 6. The molecule has 1 aliphatic heterocycles. The van der Waals surface area contributed by atoms with Crippen molar-refractivity contribution in [3.05, 3.63) is 52.9 Å². The Kier molecular flexibility index (Phi) is 15.8. The number of aliphatic hydroxyl groups is 1. The smallest absolute Gasteiger partial charge is 0.234 e. The van der Waals surface area contributed by atoms with E-state index >= 15 is 0 Å². The summed E-state index contributed by atoms with van der Waals surface area (Å²) in [4.78, 5) is 24.6. The third kappa shape index (κ3) is 9.82. The maximum atomic E-state index is 12.7. The van der Waals surface area contributed by atoms with Crippen molar-refractivity contribution >= 4 is 12.3 Å². The number of nitrogens with one attached hydrogen (secondary N) is 1. The highest BCUT2D eigenvalue weighted by molar-refractivity contribution is 5.84. The van der Waals surface area contributed by atoms with Crippen molar-refractivity contribution in [3.63, 3.8) is 0 Å². The van der Waals surface area contributed by atoms with Gasteiger partial charge in [-0.1, -0.05) is 58.8 Å². The third-order valence-corrected chi connectivity index (χ3v) is 5.58. The summed E-state index contributed by atoms with van der Waals surface area (Å²) in [5.74, 6) is 0.444. The van der Waals surface area contributed by atoms with Gasteiger partial charge in [-0.25, -0.2) is 0 Å². The first-order valence-electron chi connectivity index (χ1n) is 12.8. The van der Waals surface area contributed by atoms with Crippen LogP contribution >= 0.6 is 0 Å². The average Bonchev–Trinajstić information content (AvgIpc) is 3.45. The van der Waals surface area contributed by atoms with E-state index < -0.39 is 6.10 Å². The second-order valence-corrected chi connectivity index (χ2v) is 8.56. The van der Waals surface area contributed by atoms with Crippen LogP contribution in [0.5, 0.6) is 0 Å². The van der Waals surface area contributed by atoms with Gasteiger partial charge < -0.3 is 19.8 Å². The number of benzene rings is 1. The molecular formula is C28H44N4O4. The predicted molar refractivity (Wildman–Crippen MR) is 142 cm³/mol. The molecule has 1 aromatic carbocycles. The molecule has 3 rings (SSSR count). The zero-order valence-corrected chi connectivity index (χ0v) is 23.3. The molecular weight excluding hydrogens is 456 g/mol. The molecule has 0 saturated carbocycles. The zero-order valence-electron chi connectivity index (χ0n) is 23.3. The molecule has 0 aliphatic carbocycles. The number of carbonyl (C=O) groups excluding carboxylic acids is 2. The van der Waals surface area contributed by atoms with Crippen LogP contribution in [0.25, 0.3) is 0 Å². The number of nitriles is 1. The van der Waals surface area contributed by atoms with Crippen molar-refractivity contribution in [1.82, 2.24) is 15.4 Å². The van der Waals surface area contributed by atoms with Crippen LogP contribution in [0.15, 0.2) is 34.9 Å². The van der Waals surface area contributed by atoms with Gasteiger partial charge in [0.25, 0.3) is 0 Å². The topological polar surface area (TPSA) is 119 Å². The van der Waals surface area contributed by atoms with Crippen LogP contribution < -0.4 is 5.32 Å². The summed E-state index contributed by atoms with van der Waals surface area (Å²) in [6.07, 6.45) is 0.901. The number of likely N-dealkylation sites (tertiary alicyclic amines) is 1. The molecule has 0 spiro atoms. The van der Waals surface area contributed by atoms with Crippen LogP contribution in [0.2, 0.25) is 0 Å². The standard InChI is InChI=1S/C14H22N2O3.C10H10N2O.2C2H6/c1-8(2)13(12-5-9(3)15-19-12)14(18)16-7-11(17)6-10(16)4;1-8(12-7-13)10-4-2-9(6-11)3-5-10;2*1-2/h5,8,10-11,13,17H,6-7H2,1-4H3;2-5,7-8H,1H3,(H,12,13);2*1-2H3. The minimum absolute atomic E-state index is 0.00903. The van der Waals surface area contributed by atoms with Gasteiger partial charge in [0, 0.05) is 18.7 Å². The second-order valence-electron chi connectivity index (χ2n) is 8.56. The lowest BCUT2D eigenvalue weighted by Gasteiger charge is -2.27. The molecule has 8 nitrogen and oxygen atoms in total. The van der Waals surface area contributed by atoms with E-state index in [1.54, 1.807) is 17.0 Å². The fraction of sp³-hybridized carbons (Fsp3) is 0.571. The molecule has 2 amide bonds. The van der Waals surface area contributed by atoms with E-state index in [1.807, 2.05) is 86.6 Å². The maximum Gasteiger partial charge on any atom is 0.234 e. The lowest BCUT2D eigenvalue weighted by molar-refractivity contribution is -0.135. The summed E-state index contributed by atoms with van der Waals surface area (Å²) >= 11 is 0. The highest BCUT2D eigenvalue weighted by Gasteiger charge is 2.38. The van der Waals surface area contributed by atoms with Gasteiger partial charge in [-0.2, -0.15) is 5.26 Å². The molecule has 2 N–H and O–H groups in total. The van der Waals surface area contributed by atoms with E-state index in [4.69, 9.17) is 9.78 Å². The molecule has 1 fully saturated rings. The summed E-state index contributed by atoms with van der Waals surface area (Å²) in [7, 11) is 0. The van der Waals surface area contributed by atoms with Crippen molar-refractivity contribution in [2.24, 2.45) is 5.92 Å². The highest BCUT2D eigenvalue weighted by atomic mass is 16.5. The maximum absolute atomic E-state index is 12.7. The van der Waals surface area contributed by atoms with Gasteiger partial charge in [-0.3, -0.25) is 9.59 Å². The largest absolute Gasteiger partial charge is 0.391 e. The van der Waals surface area contributed by atoms with Gasteiger partial charge in [0.15, 0.2) is 0 Å². The molecule has 1 aromatic heterocycles. The Morgan fingerprint density at radius 1 is 1.22 bits per heavy atom. The molecule has 1 saturated heterocycles. The Balaban J connectivity index is 0.000000630. The monoisotopic (exact) mass is 500 g/mol. The Morgan fingerprint density at radius 3 is 2.19 bits per heavy atom. The number of amides is 2. The molecule has 2 aromatic rings. The molecule has 1 aliphatic rings. The molecule has 2 heterocycles. The summed E-state index contributed by atoms with van der Waals surface area (Å²) in [5.41, 5.74) is 2.40. The summed E-state index contributed by atoms with van der Waals surface area (Å²) in [5, 5.41) is 24.7. The quantitative estimate of drug-likeness (QED) is 0.531. The van der Waals surface area contributed by atoms with E-state index in [0.29, 0.717) is 30.7 Å². The second kappa shape index (κ2) is 17.3. The Hall–Kier alpha value is -3.18. The Morgan fingerprint density at radius 2 is 1.81 bits per heavy atom. The van der Waals surface area contributed by atoms with Crippen LogP contribution in [0.3, 0.4) is 0 Å². The first-order valence-corrected chi connectivity index (χ1v) is 12.8. The number of hydrogen-bond donors (Lipinski definition) is 2. The first kappa shape index (κ1) is 32.8. The Labute approximate surface area is 216 Å². The van der Waals surface area contributed by atoms with Crippen LogP contribution in [0, 0.1) is 24.2 Å². The van der Waals surface area contributed by atoms with Crippen LogP contribution in [0.1, 0.15) is 96.4 Å². The van der Waals surface area contributed by atoms with Gasteiger partial charge in [0.1, 0.15) is 11.7 Å². The molecule has 36 heavy (non-hydrogen) atoms. The van der Waals surface area contributed by atoms with Crippen molar-refractivity contribution < 1.29 is 19.2 Å². The van der Waals surface area contributed by atoms with Crippen LogP contribution in [0.4, 0.5) is 0 Å². The van der Waals surface area contributed by atoms with Crippen LogP contribution in [-0.2, 0) is 9.59 Å². The molecule has 0 radical (unpaired) electrons. The van der Waals surface area contributed by atoms with Gasteiger partial charge in [-0.05, 0) is 50.8 Å². The number of hydrogen-bond acceptors (Lipinski definition) is 6. The van der Waals surface area contributed by atoms with Gasteiger partial charge in [0.2, 0.25) is 12.3 Å². The molecule has 8 heteroatoms. The minimum atomic E-state index is -0.414. The van der Waals surface area contributed by atoms with E-state index in [9.17, 15) is 14.7 Å². The lowest BCUT2D eigenvalue weighted by atomic mass is 9.91. The predicted octanol–water partition coefficient (Wildman–Crippen LogP) is 5.12. The van der Waals surface area contributed by atoms with Crippen molar-refractivity contribution in [2.45, 2.75) is 92.8 Å². The van der Waals surface area contributed by atoms with Crippen molar-refractivity contribution in [3.8, 4) is 6.07 Å². The number of carbonyl (C=O) groups is 2. The number of aliphatic hydroxyl groups excluding tert-OH is 1. The third-order valence-electron chi connectivity index (χ3n) is 5.58.